The molecule has 1 saturated carbocycles. The Morgan fingerprint density at radius 3 is 2.60 bits per heavy atom. The van der Waals surface area contributed by atoms with Gasteiger partial charge in [0, 0.05) is 19.6 Å². The van der Waals surface area contributed by atoms with Gasteiger partial charge in [0.2, 0.25) is 5.89 Å². The molecule has 1 aromatic heterocycles. The lowest BCUT2D eigenvalue weighted by molar-refractivity contribution is 0.191. The fourth-order valence-electron chi connectivity index (χ4n) is 3.47. The number of aromatic nitrogens is 2. The van der Waals surface area contributed by atoms with Crippen LogP contribution in [-0.4, -0.2) is 29.8 Å². The largest absolute Gasteiger partial charge is 0.338 e. The third-order valence-corrected chi connectivity index (χ3v) is 5.13. The van der Waals surface area contributed by atoms with Crippen LogP contribution < -0.4 is 10.6 Å². The maximum absolute atomic E-state index is 6.06. The molecule has 1 aromatic rings. The fraction of sp³-hybridized carbons (Fsp3) is 0.867. The maximum Gasteiger partial charge on any atom is 0.266 e. The van der Waals surface area contributed by atoms with Crippen molar-refractivity contribution in [1.29, 1.82) is 0 Å². The third-order valence-electron chi connectivity index (χ3n) is 5.13. The van der Waals surface area contributed by atoms with Gasteiger partial charge in [-0.05, 0) is 56.0 Å². The number of hydrogen-bond donors (Lipinski definition) is 1. The minimum atomic E-state index is -0.0758. The molecule has 1 aliphatic carbocycles. The molecule has 0 aromatic carbocycles. The molecule has 2 fully saturated rings. The number of piperidine rings is 1. The van der Waals surface area contributed by atoms with Gasteiger partial charge in [0.25, 0.3) is 5.95 Å². The van der Waals surface area contributed by atoms with Crippen molar-refractivity contribution < 1.29 is 4.52 Å². The van der Waals surface area contributed by atoms with Gasteiger partial charge < -0.3 is 15.2 Å². The SMILES string of the molecule is CC1CCC(CN)(c2nc(N3CCCCC3)no2)CC1. The maximum atomic E-state index is 6.06. The number of nitrogens with two attached hydrogens (primary N) is 1. The van der Waals surface area contributed by atoms with E-state index in [1.807, 2.05) is 0 Å². The summed E-state index contributed by atoms with van der Waals surface area (Å²) in [6, 6.07) is 0. The lowest BCUT2D eigenvalue weighted by atomic mass is 9.71. The van der Waals surface area contributed by atoms with E-state index >= 15 is 0 Å². The Morgan fingerprint density at radius 1 is 1.25 bits per heavy atom. The first-order valence-electron chi connectivity index (χ1n) is 8.03. The van der Waals surface area contributed by atoms with Crippen LogP contribution in [0.2, 0.25) is 0 Å². The summed E-state index contributed by atoms with van der Waals surface area (Å²) >= 11 is 0. The Kier molecular flexibility index (Phi) is 3.96. The molecule has 0 atom stereocenters. The number of hydrogen-bond acceptors (Lipinski definition) is 5. The number of nitrogens with zero attached hydrogens (tertiary/aromatic N) is 3. The van der Waals surface area contributed by atoms with Crippen LogP contribution in [0.4, 0.5) is 5.95 Å². The molecule has 1 aliphatic heterocycles. The van der Waals surface area contributed by atoms with Gasteiger partial charge in [-0.25, -0.2) is 0 Å². The Hall–Kier alpha value is -1.10. The van der Waals surface area contributed by atoms with E-state index in [0.29, 0.717) is 6.54 Å². The lowest BCUT2D eigenvalue weighted by Crippen LogP contribution is -2.39. The fourth-order valence-corrected chi connectivity index (χ4v) is 3.47. The molecule has 1 saturated heterocycles. The smallest absolute Gasteiger partial charge is 0.266 e. The third kappa shape index (κ3) is 2.55. The molecule has 2 aliphatic rings. The lowest BCUT2D eigenvalue weighted by Gasteiger charge is -2.35. The molecule has 20 heavy (non-hydrogen) atoms. The predicted octanol–water partition coefficient (Wildman–Crippen LogP) is 2.47. The van der Waals surface area contributed by atoms with E-state index in [1.54, 1.807) is 0 Å². The first kappa shape index (κ1) is 13.9. The average molecular weight is 278 g/mol. The van der Waals surface area contributed by atoms with Crippen molar-refractivity contribution in [1.82, 2.24) is 10.1 Å². The zero-order chi connectivity index (χ0) is 14.0. The zero-order valence-electron chi connectivity index (χ0n) is 12.5. The topological polar surface area (TPSA) is 68.2 Å². The van der Waals surface area contributed by atoms with E-state index in [4.69, 9.17) is 15.2 Å². The molecule has 0 spiro atoms. The van der Waals surface area contributed by atoms with Crippen molar-refractivity contribution in [3.8, 4) is 0 Å². The van der Waals surface area contributed by atoms with Gasteiger partial charge in [-0.15, -0.1) is 0 Å². The second kappa shape index (κ2) is 5.72. The summed E-state index contributed by atoms with van der Waals surface area (Å²) in [5.74, 6) is 2.33. The molecule has 112 valence electrons. The Balaban J connectivity index is 1.77. The summed E-state index contributed by atoms with van der Waals surface area (Å²) in [5, 5.41) is 4.21. The molecule has 5 heteroatoms. The summed E-state index contributed by atoms with van der Waals surface area (Å²) in [6.07, 6.45) is 8.33. The van der Waals surface area contributed by atoms with E-state index < -0.39 is 0 Å². The van der Waals surface area contributed by atoms with Crippen molar-refractivity contribution >= 4 is 5.95 Å². The minimum Gasteiger partial charge on any atom is -0.338 e. The van der Waals surface area contributed by atoms with Crippen molar-refractivity contribution in [2.45, 2.75) is 57.3 Å². The molecule has 3 rings (SSSR count). The van der Waals surface area contributed by atoms with Crippen LogP contribution in [0.15, 0.2) is 4.52 Å². The van der Waals surface area contributed by atoms with Gasteiger partial charge in [0.15, 0.2) is 0 Å². The molecule has 0 bridgehead atoms. The molecule has 5 nitrogen and oxygen atoms in total. The van der Waals surface area contributed by atoms with Crippen molar-refractivity contribution in [3.63, 3.8) is 0 Å². The highest BCUT2D eigenvalue weighted by Gasteiger charge is 2.40. The molecule has 0 amide bonds. The zero-order valence-corrected chi connectivity index (χ0v) is 12.5. The molecular formula is C15H26N4O. The summed E-state index contributed by atoms with van der Waals surface area (Å²) in [7, 11) is 0. The highest BCUT2D eigenvalue weighted by atomic mass is 16.5. The molecule has 2 N–H and O–H groups in total. The van der Waals surface area contributed by atoms with Gasteiger partial charge in [0.05, 0.1) is 5.41 Å². The van der Waals surface area contributed by atoms with Crippen LogP contribution in [0, 0.1) is 5.92 Å². The second-order valence-corrected chi connectivity index (χ2v) is 6.61. The van der Waals surface area contributed by atoms with Gasteiger partial charge >= 0.3 is 0 Å². The van der Waals surface area contributed by atoms with E-state index in [9.17, 15) is 0 Å². The summed E-state index contributed by atoms with van der Waals surface area (Å²) in [4.78, 5) is 6.94. The minimum absolute atomic E-state index is 0.0758. The van der Waals surface area contributed by atoms with E-state index in [1.165, 1.54) is 32.1 Å². The Bertz CT molecular complexity index is 431. The first-order chi connectivity index (χ1) is 9.73. The van der Waals surface area contributed by atoms with Gasteiger partial charge in [-0.2, -0.15) is 4.98 Å². The predicted molar refractivity (Wildman–Crippen MR) is 78.7 cm³/mol. The van der Waals surface area contributed by atoms with Crippen LogP contribution in [0.5, 0.6) is 0 Å². The summed E-state index contributed by atoms with van der Waals surface area (Å²) in [6.45, 7) is 5.02. The number of rotatable bonds is 3. The van der Waals surface area contributed by atoms with Crippen molar-refractivity contribution in [2.24, 2.45) is 11.7 Å². The molecule has 0 unspecified atom stereocenters. The van der Waals surface area contributed by atoms with Crippen LogP contribution in [0.1, 0.15) is 57.8 Å². The van der Waals surface area contributed by atoms with Gasteiger partial charge in [-0.3, -0.25) is 0 Å². The standard InChI is InChI=1S/C15H26N4O/c1-12-5-7-15(11-16,8-6-12)13-17-14(18-20-13)19-9-3-2-4-10-19/h12H,2-11,16H2,1H3. The van der Waals surface area contributed by atoms with Gasteiger partial charge in [-0.1, -0.05) is 6.92 Å². The molecule has 0 radical (unpaired) electrons. The molecule has 2 heterocycles. The van der Waals surface area contributed by atoms with Crippen LogP contribution in [0.25, 0.3) is 0 Å². The second-order valence-electron chi connectivity index (χ2n) is 6.61. The highest BCUT2D eigenvalue weighted by molar-refractivity contribution is 5.29. The van der Waals surface area contributed by atoms with Crippen LogP contribution in [0.3, 0.4) is 0 Å². The van der Waals surface area contributed by atoms with Crippen molar-refractivity contribution in [3.05, 3.63) is 5.89 Å². The van der Waals surface area contributed by atoms with Crippen molar-refractivity contribution in [2.75, 3.05) is 24.5 Å². The number of anilines is 1. The summed E-state index contributed by atoms with van der Waals surface area (Å²) in [5.41, 5.74) is 5.99. The monoisotopic (exact) mass is 278 g/mol. The average Bonchev–Trinajstić information content (AvgIpc) is 3.00. The normalized spacial score (nSPS) is 31.5. The quantitative estimate of drug-likeness (QED) is 0.920. The highest BCUT2D eigenvalue weighted by Crippen LogP contribution is 2.40. The first-order valence-corrected chi connectivity index (χ1v) is 8.03. The summed E-state index contributed by atoms with van der Waals surface area (Å²) < 4.78 is 5.60. The van der Waals surface area contributed by atoms with E-state index in [-0.39, 0.29) is 5.41 Å². The van der Waals surface area contributed by atoms with E-state index in [0.717, 1.165) is 43.7 Å². The van der Waals surface area contributed by atoms with Crippen LogP contribution >= 0.6 is 0 Å². The Labute approximate surface area is 120 Å². The molecular weight excluding hydrogens is 252 g/mol. The van der Waals surface area contributed by atoms with E-state index in [2.05, 4.69) is 17.0 Å². The van der Waals surface area contributed by atoms with Crippen LogP contribution in [-0.2, 0) is 5.41 Å². The Morgan fingerprint density at radius 2 is 1.95 bits per heavy atom. The van der Waals surface area contributed by atoms with Gasteiger partial charge in [0.1, 0.15) is 0 Å².